The Kier molecular flexibility index (Phi) is 21.6. The Balaban J connectivity index is 1.05. The molecule has 0 aromatic heterocycles. The summed E-state index contributed by atoms with van der Waals surface area (Å²) in [6.45, 7) is 7.53. The number of ether oxygens (including phenoxy) is 4. The van der Waals surface area contributed by atoms with Gasteiger partial charge >= 0.3 is 0 Å². The molecule has 8 atom stereocenters. The Morgan fingerprint density at radius 3 is 1.27 bits per heavy atom. The first-order valence-corrected chi connectivity index (χ1v) is 28.8. The van der Waals surface area contributed by atoms with Crippen LogP contribution in [0.2, 0.25) is 0 Å². The van der Waals surface area contributed by atoms with Crippen molar-refractivity contribution in [3.05, 3.63) is 119 Å². The van der Waals surface area contributed by atoms with Crippen molar-refractivity contribution < 1.29 is 47.7 Å². The van der Waals surface area contributed by atoms with Crippen LogP contribution in [0.5, 0.6) is 0 Å². The van der Waals surface area contributed by atoms with Gasteiger partial charge in [0.15, 0.2) is 0 Å². The highest BCUT2D eigenvalue weighted by molar-refractivity contribution is 6.02. The van der Waals surface area contributed by atoms with Crippen molar-refractivity contribution in [2.75, 3.05) is 94.0 Å². The summed E-state index contributed by atoms with van der Waals surface area (Å²) in [5.74, 6) is -1.52. The first-order chi connectivity index (χ1) is 38.8. The molecule has 0 saturated carbocycles. The van der Waals surface area contributed by atoms with Crippen LogP contribution in [0.15, 0.2) is 97.1 Å². The van der Waals surface area contributed by atoms with Gasteiger partial charge < -0.3 is 59.8 Å². The van der Waals surface area contributed by atoms with Crippen molar-refractivity contribution in [1.29, 1.82) is 0 Å². The molecule has 4 fully saturated rings. The molecule has 0 bridgehead atoms. The number of likely N-dealkylation sites (tertiary alicyclic amines) is 2. The number of nitrogens with one attached hydrogen (secondary N) is 4. The highest BCUT2D eigenvalue weighted by atomic mass is 16.5. The quantitative estimate of drug-likeness (QED) is 0.0769. The van der Waals surface area contributed by atoms with E-state index < -0.39 is 36.3 Å². The largest absolute Gasteiger partial charge is 0.381 e. The molecule has 4 aromatic rings. The normalized spacial score (nSPS) is 21.4. The third kappa shape index (κ3) is 14.8. The van der Waals surface area contributed by atoms with E-state index in [2.05, 4.69) is 21.3 Å². The molecular weight excluding hydrogens is 1020 g/mol. The van der Waals surface area contributed by atoms with Crippen LogP contribution in [0.25, 0.3) is 10.8 Å². The Hall–Kier alpha value is -6.28. The third-order valence-corrected chi connectivity index (χ3v) is 17.1. The summed E-state index contributed by atoms with van der Waals surface area (Å²) in [7, 11) is 6.70. The number of carbonyl (C=O) groups excluding carboxylic acids is 6. The summed E-state index contributed by atoms with van der Waals surface area (Å²) in [5.41, 5.74) is 3.05. The van der Waals surface area contributed by atoms with Crippen molar-refractivity contribution in [2.24, 2.45) is 11.8 Å². The fourth-order valence-corrected chi connectivity index (χ4v) is 11.9. The zero-order chi connectivity index (χ0) is 56.7. The zero-order valence-electron chi connectivity index (χ0n) is 47.6. The number of benzene rings is 4. The van der Waals surface area contributed by atoms with Gasteiger partial charge in [-0.3, -0.25) is 28.8 Å². The van der Waals surface area contributed by atoms with E-state index in [9.17, 15) is 19.2 Å². The molecule has 432 valence electrons. The van der Waals surface area contributed by atoms with Crippen molar-refractivity contribution in [3.8, 4) is 0 Å². The summed E-state index contributed by atoms with van der Waals surface area (Å²) in [6, 6.07) is 27.5. The molecule has 4 aliphatic heterocycles. The number of hydrogen-bond acceptors (Lipinski definition) is 12. The summed E-state index contributed by atoms with van der Waals surface area (Å²) in [5, 5.41) is 13.7. The van der Waals surface area contributed by atoms with E-state index >= 15 is 9.59 Å². The van der Waals surface area contributed by atoms with Crippen molar-refractivity contribution >= 4 is 46.2 Å². The number of rotatable bonds is 24. The Labute approximate surface area is 471 Å². The van der Waals surface area contributed by atoms with Gasteiger partial charge in [0.25, 0.3) is 11.8 Å². The predicted molar refractivity (Wildman–Crippen MR) is 306 cm³/mol. The van der Waals surface area contributed by atoms with Crippen LogP contribution in [0.1, 0.15) is 84.2 Å². The van der Waals surface area contributed by atoms with E-state index in [0.717, 1.165) is 21.9 Å². The second-order valence-corrected chi connectivity index (χ2v) is 22.0. The highest BCUT2D eigenvalue weighted by Gasteiger charge is 2.46. The lowest BCUT2D eigenvalue weighted by Gasteiger charge is -2.38. The van der Waals surface area contributed by atoms with E-state index in [1.54, 1.807) is 54.3 Å². The molecule has 0 radical (unpaired) electrons. The van der Waals surface area contributed by atoms with Crippen molar-refractivity contribution in [1.82, 2.24) is 40.9 Å². The molecule has 0 unspecified atom stereocenters. The highest BCUT2D eigenvalue weighted by Crippen LogP contribution is 2.31. The summed E-state index contributed by atoms with van der Waals surface area (Å²) >= 11 is 0. The SMILES string of the molecule is CN[C@@H](C)C(=O)N[C@H](C(=O)N1CC[C@H](OC)[C@H]1CN(CCc1ccccc1)C(=O)c1ccc2cc(C(=O)N(CCc3ccccc3)C[C@H]3[C@@H](OC)CCN3C(=O)[C@@H](NC(=O)[C@H](C)NC)C3CCOCC3)ccc2c1)C1CCOCC1. The van der Waals surface area contributed by atoms with Gasteiger partial charge in [-0.2, -0.15) is 0 Å². The summed E-state index contributed by atoms with van der Waals surface area (Å²) < 4.78 is 23.4. The second-order valence-electron chi connectivity index (χ2n) is 22.0. The maximum Gasteiger partial charge on any atom is 0.253 e. The maximum absolute atomic E-state index is 15.1. The zero-order valence-corrected chi connectivity index (χ0v) is 47.6. The molecule has 80 heavy (non-hydrogen) atoms. The molecule has 18 nitrogen and oxygen atoms in total. The number of carbonyl (C=O) groups is 6. The van der Waals surface area contributed by atoms with Gasteiger partial charge in [0, 0.05) is 91.0 Å². The standard InChI is InChI=1S/C62H84N8O10/c1-41(63-3)57(71)65-55(45-25-33-79-34-26-45)61(75)69-31-23-53(77-5)51(69)39-67(29-21-43-13-9-7-10-14-43)59(73)49-19-17-48-38-50(20-18-47(48)37-49)60(74)68(30-22-44-15-11-8-12-16-44)40-52-54(78-6)24-32-70(52)62(76)56(46-27-35-80-36-28-46)66-58(72)42(2)64-4/h7-20,37-38,41-42,45-46,51-56,63-64H,21-36,39-40H2,1-6H3,(H,65,71)(H,66,72)/t41-,42-,51-,52+,53-,54-,55-,56-/m0/s1. The molecule has 4 aliphatic rings. The number of nitrogens with zero attached hydrogens (tertiary/aromatic N) is 4. The van der Waals surface area contributed by atoms with E-state index in [4.69, 9.17) is 18.9 Å². The minimum atomic E-state index is -0.765. The van der Waals surface area contributed by atoms with Crippen LogP contribution in [0.3, 0.4) is 0 Å². The Morgan fingerprint density at radius 2 is 0.925 bits per heavy atom. The first-order valence-electron chi connectivity index (χ1n) is 28.8. The lowest BCUT2D eigenvalue weighted by atomic mass is 9.90. The van der Waals surface area contributed by atoms with Crippen molar-refractivity contribution in [2.45, 2.75) is 114 Å². The Morgan fingerprint density at radius 1 is 0.550 bits per heavy atom. The van der Waals surface area contributed by atoms with Crippen LogP contribution >= 0.6 is 0 Å². The number of amides is 6. The van der Waals surface area contributed by atoms with Crippen LogP contribution < -0.4 is 21.3 Å². The lowest BCUT2D eigenvalue weighted by molar-refractivity contribution is -0.141. The smallest absolute Gasteiger partial charge is 0.253 e. The average Bonchev–Trinajstić information content (AvgIpc) is 4.15. The summed E-state index contributed by atoms with van der Waals surface area (Å²) in [4.78, 5) is 93.8. The van der Waals surface area contributed by atoms with Gasteiger partial charge in [0.05, 0.1) is 36.4 Å². The average molecular weight is 1100 g/mol. The monoisotopic (exact) mass is 1100 g/mol. The molecular formula is C62H84N8O10. The molecule has 4 N–H and O–H groups in total. The third-order valence-electron chi connectivity index (χ3n) is 17.1. The van der Waals surface area contributed by atoms with Gasteiger partial charge in [-0.25, -0.2) is 0 Å². The number of fused-ring (bicyclic) bond motifs is 1. The number of hydrogen-bond donors (Lipinski definition) is 4. The van der Waals surface area contributed by atoms with Gasteiger partial charge in [-0.05, 0) is 137 Å². The van der Waals surface area contributed by atoms with E-state index in [0.29, 0.717) is 115 Å². The molecule has 4 heterocycles. The van der Waals surface area contributed by atoms with Crippen molar-refractivity contribution in [3.63, 3.8) is 0 Å². The molecule has 4 saturated heterocycles. The topological polar surface area (TPSA) is 200 Å². The Bertz CT molecular complexity index is 2520. The van der Waals surface area contributed by atoms with Gasteiger partial charge in [0.1, 0.15) is 12.1 Å². The minimum absolute atomic E-state index is 0.112. The second kappa shape index (κ2) is 28.9. The van der Waals surface area contributed by atoms with Gasteiger partial charge in [-0.15, -0.1) is 0 Å². The molecule has 18 heteroatoms. The van der Waals surface area contributed by atoms with Gasteiger partial charge in [0.2, 0.25) is 23.6 Å². The fraction of sp³-hybridized carbons (Fsp3) is 0.548. The minimum Gasteiger partial charge on any atom is -0.381 e. The van der Waals surface area contributed by atoms with E-state index in [1.165, 1.54) is 0 Å². The molecule has 0 aliphatic carbocycles. The van der Waals surface area contributed by atoms with E-state index in [1.807, 2.05) is 105 Å². The fourth-order valence-electron chi connectivity index (χ4n) is 11.9. The summed E-state index contributed by atoms with van der Waals surface area (Å²) in [6.07, 6.45) is 4.16. The van der Waals surface area contributed by atoms with Crippen LogP contribution in [-0.2, 0) is 51.0 Å². The van der Waals surface area contributed by atoms with E-state index in [-0.39, 0.29) is 72.6 Å². The molecule has 8 rings (SSSR count). The maximum atomic E-state index is 15.1. The van der Waals surface area contributed by atoms with Crippen LogP contribution in [0, 0.1) is 11.8 Å². The number of likely N-dealkylation sites (N-methyl/N-ethyl adjacent to an activating group) is 2. The number of methoxy groups -OCH3 is 2. The first kappa shape index (κ1) is 59.8. The van der Waals surface area contributed by atoms with Gasteiger partial charge in [-0.1, -0.05) is 72.8 Å². The predicted octanol–water partition coefficient (Wildman–Crippen LogP) is 4.48. The molecule has 4 aromatic carbocycles. The van der Waals surface area contributed by atoms with Crippen LogP contribution in [-0.4, -0.2) is 198 Å². The molecule has 0 spiro atoms. The lowest BCUT2D eigenvalue weighted by Crippen LogP contribution is -2.59. The molecule has 6 amide bonds. The van der Waals surface area contributed by atoms with Crippen LogP contribution in [0.4, 0.5) is 0 Å².